The van der Waals surface area contributed by atoms with Crippen molar-refractivity contribution in [1.29, 1.82) is 0 Å². The Morgan fingerprint density at radius 1 is 0.829 bits per heavy atom. The molecule has 0 aliphatic carbocycles. The lowest BCUT2D eigenvalue weighted by atomic mass is 9.94. The van der Waals surface area contributed by atoms with Crippen LogP contribution in [0.2, 0.25) is 0 Å². The Kier molecular flexibility index (Phi) is 6.51. The van der Waals surface area contributed by atoms with Crippen LogP contribution in [-0.4, -0.2) is 38.1 Å². The van der Waals surface area contributed by atoms with Gasteiger partial charge in [-0.1, -0.05) is 18.2 Å². The van der Waals surface area contributed by atoms with E-state index in [1.54, 1.807) is 49.6 Å². The number of nitrogens with zero attached hydrogens (tertiary/aromatic N) is 1. The van der Waals surface area contributed by atoms with Crippen molar-refractivity contribution < 1.29 is 28.9 Å². The average molecular weight is 474 g/mol. The van der Waals surface area contributed by atoms with E-state index in [1.165, 1.54) is 19.1 Å². The molecular weight excluding hydrogens is 446 g/mol. The van der Waals surface area contributed by atoms with Gasteiger partial charge >= 0.3 is 0 Å². The number of ether oxygens (including phenoxy) is 3. The van der Waals surface area contributed by atoms with Crippen LogP contribution in [0.15, 0.2) is 66.2 Å². The molecule has 1 unspecified atom stereocenters. The van der Waals surface area contributed by atoms with Gasteiger partial charge in [-0.15, -0.1) is 0 Å². The van der Waals surface area contributed by atoms with E-state index in [9.17, 15) is 14.7 Å². The summed E-state index contributed by atoms with van der Waals surface area (Å²) >= 11 is 0. The SMILES string of the molecule is COc1cccc(C2/C(=C(/O)c3ccc(OC)c(OC)c3)C(=O)C(=O)N2c2cc(C)cc(C)c2)c1. The second-order valence-corrected chi connectivity index (χ2v) is 8.36. The number of aryl methyl sites for hydroxylation is 2. The number of amides is 1. The number of aliphatic hydroxyl groups excluding tert-OH is 1. The highest BCUT2D eigenvalue weighted by molar-refractivity contribution is 6.51. The molecule has 4 rings (SSSR count). The maximum Gasteiger partial charge on any atom is 0.300 e. The van der Waals surface area contributed by atoms with Crippen molar-refractivity contribution in [1.82, 2.24) is 0 Å². The van der Waals surface area contributed by atoms with E-state index in [2.05, 4.69) is 0 Å². The molecule has 1 aliphatic rings. The summed E-state index contributed by atoms with van der Waals surface area (Å²) < 4.78 is 16.0. The molecule has 3 aromatic rings. The van der Waals surface area contributed by atoms with E-state index >= 15 is 0 Å². The summed E-state index contributed by atoms with van der Waals surface area (Å²) in [7, 11) is 4.54. The van der Waals surface area contributed by atoms with Crippen LogP contribution in [0.1, 0.15) is 28.3 Å². The number of ketones is 1. The van der Waals surface area contributed by atoms with Gasteiger partial charge in [0.2, 0.25) is 0 Å². The van der Waals surface area contributed by atoms with Gasteiger partial charge in [-0.3, -0.25) is 14.5 Å². The molecule has 1 N–H and O–H groups in total. The fourth-order valence-electron chi connectivity index (χ4n) is 4.45. The largest absolute Gasteiger partial charge is 0.507 e. The minimum Gasteiger partial charge on any atom is -0.507 e. The molecule has 1 atom stereocenters. The molecule has 0 bridgehead atoms. The number of carbonyl (C=O) groups is 2. The molecule has 0 saturated carbocycles. The zero-order valence-corrected chi connectivity index (χ0v) is 20.3. The molecule has 0 spiro atoms. The molecule has 7 heteroatoms. The number of anilines is 1. The third kappa shape index (κ3) is 4.33. The maximum atomic E-state index is 13.4. The minimum absolute atomic E-state index is 0.0189. The van der Waals surface area contributed by atoms with Crippen molar-refractivity contribution in [3.63, 3.8) is 0 Å². The Balaban J connectivity index is 1.97. The zero-order chi connectivity index (χ0) is 25.3. The number of rotatable bonds is 6. The number of aliphatic hydroxyl groups is 1. The molecule has 1 fully saturated rings. The number of benzene rings is 3. The molecule has 1 aliphatic heterocycles. The molecule has 180 valence electrons. The first-order chi connectivity index (χ1) is 16.8. The number of carbonyl (C=O) groups excluding carboxylic acids is 2. The Bertz CT molecular complexity index is 1320. The highest BCUT2D eigenvalue weighted by Crippen LogP contribution is 2.44. The molecule has 1 heterocycles. The van der Waals surface area contributed by atoms with Crippen LogP contribution in [0, 0.1) is 13.8 Å². The van der Waals surface area contributed by atoms with Crippen molar-refractivity contribution in [2.24, 2.45) is 0 Å². The Morgan fingerprint density at radius 2 is 1.51 bits per heavy atom. The number of hydrogen-bond acceptors (Lipinski definition) is 6. The van der Waals surface area contributed by atoms with Crippen LogP contribution in [0.4, 0.5) is 5.69 Å². The lowest BCUT2D eigenvalue weighted by Gasteiger charge is -2.26. The first-order valence-corrected chi connectivity index (χ1v) is 11.0. The summed E-state index contributed by atoms with van der Waals surface area (Å²) in [6.45, 7) is 3.86. The van der Waals surface area contributed by atoms with Crippen LogP contribution in [-0.2, 0) is 9.59 Å². The Labute approximate surface area is 204 Å². The smallest absolute Gasteiger partial charge is 0.300 e. The van der Waals surface area contributed by atoms with Crippen molar-refractivity contribution in [3.8, 4) is 17.2 Å². The summed E-state index contributed by atoms with van der Waals surface area (Å²) in [5.41, 5.74) is 3.41. The van der Waals surface area contributed by atoms with E-state index < -0.39 is 17.7 Å². The van der Waals surface area contributed by atoms with Crippen molar-refractivity contribution in [2.75, 3.05) is 26.2 Å². The summed E-state index contributed by atoms with van der Waals surface area (Å²) in [6.07, 6.45) is 0. The van der Waals surface area contributed by atoms with Gasteiger partial charge in [0.15, 0.2) is 11.5 Å². The minimum atomic E-state index is -0.862. The summed E-state index contributed by atoms with van der Waals surface area (Å²) in [4.78, 5) is 28.2. The monoisotopic (exact) mass is 473 g/mol. The molecule has 3 aromatic carbocycles. The predicted octanol–water partition coefficient (Wildman–Crippen LogP) is 4.96. The van der Waals surface area contributed by atoms with Gasteiger partial charge in [0.05, 0.1) is 32.9 Å². The first kappa shape index (κ1) is 23.9. The number of methoxy groups -OCH3 is 3. The second-order valence-electron chi connectivity index (χ2n) is 8.36. The maximum absolute atomic E-state index is 13.4. The first-order valence-electron chi connectivity index (χ1n) is 11.0. The molecule has 7 nitrogen and oxygen atoms in total. The second kappa shape index (κ2) is 9.54. The highest BCUT2D eigenvalue weighted by atomic mass is 16.5. The van der Waals surface area contributed by atoms with Gasteiger partial charge in [-0.25, -0.2) is 0 Å². The lowest BCUT2D eigenvalue weighted by molar-refractivity contribution is -0.132. The van der Waals surface area contributed by atoms with Crippen LogP contribution < -0.4 is 19.1 Å². The molecule has 0 radical (unpaired) electrons. The molecule has 1 saturated heterocycles. The van der Waals surface area contributed by atoms with Gasteiger partial charge in [-0.05, 0) is 73.0 Å². The topological polar surface area (TPSA) is 85.3 Å². The third-order valence-corrected chi connectivity index (χ3v) is 6.00. The lowest BCUT2D eigenvalue weighted by Crippen LogP contribution is -2.29. The van der Waals surface area contributed by atoms with Crippen molar-refractivity contribution >= 4 is 23.1 Å². The number of hydrogen-bond donors (Lipinski definition) is 1. The molecule has 35 heavy (non-hydrogen) atoms. The predicted molar refractivity (Wildman–Crippen MR) is 133 cm³/mol. The Morgan fingerprint density at radius 3 is 2.14 bits per heavy atom. The van der Waals surface area contributed by atoms with Crippen LogP contribution in [0.5, 0.6) is 17.2 Å². The van der Waals surface area contributed by atoms with Gasteiger partial charge in [-0.2, -0.15) is 0 Å². The summed E-state index contributed by atoms with van der Waals surface area (Å²) in [6, 6.07) is 16.8. The van der Waals surface area contributed by atoms with Gasteiger partial charge in [0.1, 0.15) is 11.5 Å². The van der Waals surface area contributed by atoms with E-state index in [4.69, 9.17) is 14.2 Å². The van der Waals surface area contributed by atoms with Gasteiger partial charge in [0, 0.05) is 11.3 Å². The van der Waals surface area contributed by atoms with Crippen LogP contribution in [0.25, 0.3) is 5.76 Å². The summed E-state index contributed by atoms with van der Waals surface area (Å²) in [5, 5.41) is 11.4. The van der Waals surface area contributed by atoms with E-state index in [0.717, 1.165) is 11.1 Å². The number of Topliss-reactive ketones (excluding diaryl/α,β-unsaturated/α-hetero) is 1. The summed E-state index contributed by atoms with van der Waals surface area (Å²) in [5.74, 6) is -0.361. The fourth-order valence-corrected chi connectivity index (χ4v) is 4.45. The quantitative estimate of drug-likeness (QED) is 0.310. The van der Waals surface area contributed by atoms with Gasteiger partial charge in [0.25, 0.3) is 11.7 Å². The highest BCUT2D eigenvalue weighted by Gasteiger charge is 2.47. The fraction of sp³-hybridized carbons (Fsp3) is 0.214. The van der Waals surface area contributed by atoms with Crippen LogP contribution >= 0.6 is 0 Å². The van der Waals surface area contributed by atoms with E-state index in [-0.39, 0.29) is 11.3 Å². The third-order valence-electron chi connectivity index (χ3n) is 6.00. The van der Waals surface area contributed by atoms with Crippen molar-refractivity contribution in [2.45, 2.75) is 19.9 Å². The molecule has 1 amide bonds. The molecule has 0 aromatic heterocycles. The van der Waals surface area contributed by atoms with E-state index in [1.807, 2.05) is 32.0 Å². The standard InChI is InChI=1S/C28H27NO6/c1-16-11-17(2)13-20(12-16)29-25(18-7-6-8-21(14-18)33-3)24(27(31)28(29)32)26(30)19-9-10-22(34-4)23(15-19)35-5/h6-15,25,30H,1-5H3/b26-24-. The average Bonchev–Trinajstić information content (AvgIpc) is 3.12. The van der Waals surface area contributed by atoms with Crippen LogP contribution in [0.3, 0.4) is 0 Å². The zero-order valence-electron chi connectivity index (χ0n) is 20.3. The van der Waals surface area contributed by atoms with Gasteiger partial charge < -0.3 is 19.3 Å². The Hall–Kier alpha value is -4.26. The normalized spacial score (nSPS) is 16.9. The molecular formula is C28H27NO6. The van der Waals surface area contributed by atoms with E-state index in [0.29, 0.717) is 34.1 Å². The van der Waals surface area contributed by atoms with Crippen molar-refractivity contribution in [3.05, 3.63) is 88.5 Å².